The Morgan fingerprint density at radius 1 is 1.34 bits per heavy atom. The van der Waals surface area contributed by atoms with Crippen molar-refractivity contribution < 1.29 is 19.6 Å². The average Bonchev–Trinajstić information content (AvgIpc) is 2.66. The molecule has 2 rings (SSSR count). The second-order valence-corrected chi connectivity index (χ2v) is 7.03. The lowest BCUT2D eigenvalue weighted by atomic mass is 10.0. The fourth-order valence-corrected chi connectivity index (χ4v) is 3.61. The Labute approximate surface area is 176 Å². The van der Waals surface area contributed by atoms with E-state index in [1.165, 1.54) is 6.07 Å². The molecule has 0 aliphatic carbocycles. The zero-order valence-corrected chi connectivity index (χ0v) is 17.6. The summed E-state index contributed by atoms with van der Waals surface area (Å²) in [6.45, 7) is 6.62. The molecule has 0 spiro atoms. The van der Waals surface area contributed by atoms with E-state index < -0.39 is 10.9 Å². The lowest BCUT2D eigenvalue weighted by molar-refractivity contribution is -0.385. The van der Waals surface area contributed by atoms with Crippen LogP contribution < -0.4 is 5.32 Å². The fraction of sp³-hybridized carbons (Fsp3) is 0.579. The standard InChI is InChI=1S/C19H28N4O5.ClH/c1-3-22(13-19(25)26)15-7-10-21(11-8-15)12-9-18(24)20-16-5-4-6-17(14(16)2)23(27)28;/h4-6,15H,3,7-13H2,1-2H3,(H,20,24)(H,25,26);1H. The second-order valence-electron chi connectivity index (χ2n) is 7.03. The van der Waals surface area contributed by atoms with E-state index in [9.17, 15) is 19.7 Å². The molecule has 1 heterocycles. The van der Waals surface area contributed by atoms with Gasteiger partial charge in [-0.15, -0.1) is 12.4 Å². The maximum Gasteiger partial charge on any atom is 0.317 e. The van der Waals surface area contributed by atoms with Crippen LogP contribution in [0.4, 0.5) is 11.4 Å². The van der Waals surface area contributed by atoms with Gasteiger partial charge in [-0.25, -0.2) is 0 Å². The molecular formula is C19H29ClN4O5. The van der Waals surface area contributed by atoms with E-state index in [1.54, 1.807) is 19.1 Å². The van der Waals surface area contributed by atoms with Crippen molar-refractivity contribution in [3.8, 4) is 0 Å². The van der Waals surface area contributed by atoms with Crippen molar-refractivity contribution in [2.24, 2.45) is 0 Å². The third-order valence-corrected chi connectivity index (χ3v) is 5.25. The highest BCUT2D eigenvalue weighted by Gasteiger charge is 2.25. The molecule has 9 nitrogen and oxygen atoms in total. The minimum Gasteiger partial charge on any atom is -0.480 e. The Balaban J connectivity index is 0.00000420. The van der Waals surface area contributed by atoms with Crippen LogP contribution in [0, 0.1) is 17.0 Å². The van der Waals surface area contributed by atoms with E-state index in [0.717, 1.165) is 25.9 Å². The molecule has 29 heavy (non-hydrogen) atoms. The first-order chi connectivity index (χ1) is 13.3. The van der Waals surface area contributed by atoms with Crippen LogP contribution in [0.1, 0.15) is 31.7 Å². The van der Waals surface area contributed by atoms with E-state index >= 15 is 0 Å². The quantitative estimate of drug-likeness (QED) is 0.458. The van der Waals surface area contributed by atoms with Crippen molar-refractivity contribution in [3.63, 3.8) is 0 Å². The zero-order chi connectivity index (χ0) is 20.7. The first-order valence-corrected chi connectivity index (χ1v) is 9.53. The van der Waals surface area contributed by atoms with Gasteiger partial charge in [-0.2, -0.15) is 0 Å². The van der Waals surface area contributed by atoms with E-state index in [0.29, 0.717) is 30.8 Å². The number of carboxylic acids is 1. The monoisotopic (exact) mass is 428 g/mol. The molecule has 2 N–H and O–H groups in total. The summed E-state index contributed by atoms with van der Waals surface area (Å²) in [4.78, 5) is 37.9. The number of carbonyl (C=O) groups excluding carboxylic acids is 1. The molecule has 10 heteroatoms. The Morgan fingerprint density at radius 2 is 2.00 bits per heavy atom. The molecule has 1 aliphatic rings. The molecule has 1 fully saturated rings. The van der Waals surface area contributed by atoms with Gasteiger partial charge in [0.25, 0.3) is 5.69 Å². The lowest BCUT2D eigenvalue weighted by Crippen LogP contribution is -2.47. The molecule has 1 saturated heterocycles. The predicted molar refractivity (Wildman–Crippen MR) is 113 cm³/mol. The minimum atomic E-state index is -0.808. The number of hydrogen-bond acceptors (Lipinski definition) is 6. The van der Waals surface area contributed by atoms with E-state index in [4.69, 9.17) is 5.11 Å². The number of nitrogens with zero attached hydrogens (tertiary/aromatic N) is 3. The molecule has 0 saturated carbocycles. The first-order valence-electron chi connectivity index (χ1n) is 9.53. The number of benzene rings is 1. The molecule has 0 unspecified atom stereocenters. The van der Waals surface area contributed by atoms with Gasteiger partial charge in [0.05, 0.1) is 22.7 Å². The van der Waals surface area contributed by atoms with Crippen molar-refractivity contribution >= 4 is 35.7 Å². The number of halogens is 1. The zero-order valence-electron chi connectivity index (χ0n) is 16.8. The van der Waals surface area contributed by atoms with E-state index in [-0.39, 0.29) is 36.6 Å². The summed E-state index contributed by atoms with van der Waals surface area (Å²) < 4.78 is 0. The summed E-state index contributed by atoms with van der Waals surface area (Å²) in [6, 6.07) is 4.90. The summed E-state index contributed by atoms with van der Waals surface area (Å²) in [5, 5.41) is 22.8. The highest BCUT2D eigenvalue weighted by Crippen LogP contribution is 2.25. The van der Waals surface area contributed by atoms with Gasteiger partial charge in [0.2, 0.25) is 5.91 Å². The van der Waals surface area contributed by atoms with Gasteiger partial charge in [0.1, 0.15) is 0 Å². The van der Waals surface area contributed by atoms with Crippen LogP contribution in [-0.2, 0) is 9.59 Å². The molecule has 1 aromatic rings. The van der Waals surface area contributed by atoms with Crippen molar-refractivity contribution in [2.45, 2.75) is 39.2 Å². The van der Waals surface area contributed by atoms with E-state index in [2.05, 4.69) is 10.2 Å². The summed E-state index contributed by atoms with van der Waals surface area (Å²) in [5.74, 6) is -0.982. The normalized spacial score (nSPS) is 15.0. The van der Waals surface area contributed by atoms with Gasteiger partial charge in [-0.05, 0) is 45.5 Å². The number of rotatable bonds is 9. The topological polar surface area (TPSA) is 116 Å². The first kappa shape index (κ1) is 24.8. The maximum absolute atomic E-state index is 12.2. The number of anilines is 1. The number of hydrogen-bond donors (Lipinski definition) is 2. The Hall–Kier alpha value is -2.23. The van der Waals surface area contributed by atoms with Crippen LogP contribution in [-0.4, -0.2) is 70.5 Å². The number of aliphatic carboxylic acids is 1. The van der Waals surface area contributed by atoms with Crippen LogP contribution in [0.3, 0.4) is 0 Å². The molecule has 1 amide bonds. The highest BCUT2D eigenvalue weighted by atomic mass is 35.5. The Kier molecular flexibility index (Phi) is 10.0. The third kappa shape index (κ3) is 7.26. The SMILES string of the molecule is CCN(CC(=O)O)C1CCN(CCC(=O)Nc2cccc([N+](=O)[O-])c2C)CC1.Cl. The molecule has 0 aromatic heterocycles. The summed E-state index contributed by atoms with van der Waals surface area (Å²) in [5.41, 5.74) is 0.895. The van der Waals surface area contributed by atoms with Crippen LogP contribution >= 0.6 is 12.4 Å². The van der Waals surface area contributed by atoms with Crippen LogP contribution in [0.5, 0.6) is 0 Å². The van der Waals surface area contributed by atoms with Crippen molar-refractivity contribution in [1.82, 2.24) is 9.80 Å². The summed E-state index contributed by atoms with van der Waals surface area (Å²) >= 11 is 0. The lowest BCUT2D eigenvalue weighted by Gasteiger charge is -2.37. The molecule has 0 bridgehead atoms. The number of nitro groups is 1. The average molecular weight is 429 g/mol. The molecular weight excluding hydrogens is 400 g/mol. The van der Waals surface area contributed by atoms with E-state index in [1.807, 2.05) is 11.8 Å². The predicted octanol–water partition coefficient (Wildman–Crippen LogP) is 2.52. The number of nitrogens with one attached hydrogen (secondary N) is 1. The molecule has 1 aliphatic heterocycles. The van der Waals surface area contributed by atoms with Crippen LogP contribution in [0.15, 0.2) is 18.2 Å². The number of likely N-dealkylation sites (tertiary alicyclic amines) is 1. The highest BCUT2D eigenvalue weighted by molar-refractivity contribution is 5.92. The third-order valence-electron chi connectivity index (χ3n) is 5.25. The van der Waals surface area contributed by atoms with Gasteiger partial charge in [-0.1, -0.05) is 13.0 Å². The number of amides is 1. The number of nitro benzene ring substituents is 1. The fourth-order valence-electron chi connectivity index (χ4n) is 3.61. The minimum absolute atomic E-state index is 0. The number of carboxylic acid groups (broad SMARTS) is 1. The molecule has 1 aromatic carbocycles. The largest absolute Gasteiger partial charge is 0.480 e. The number of piperidine rings is 1. The summed E-state index contributed by atoms with van der Waals surface area (Å²) in [7, 11) is 0. The number of likely N-dealkylation sites (N-methyl/N-ethyl adjacent to an activating group) is 1. The Bertz CT molecular complexity index is 723. The van der Waals surface area contributed by atoms with Gasteiger partial charge >= 0.3 is 5.97 Å². The molecule has 162 valence electrons. The van der Waals surface area contributed by atoms with Crippen LogP contribution in [0.25, 0.3) is 0 Å². The molecule has 0 radical (unpaired) electrons. The number of carbonyl (C=O) groups is 2. The van der Waals surface area contributed by atoms with Crippen LogP contribution in [0.2, 0.25) is 0 Å². The van der Waals surface area contributed by atoms with Gasteiger partial charge < -0.3 is 15.3 Å². The summed E-state index contributed by atoms with van der Waals surface area (Å²) in [6.07, 6.45) is 2.07. The maximum atomic E-state index is 12.2. The van der Waals surface area contributed by atoms with Gasteiger partial charge in [0, 0.05) is 25.1 Å². The van der Waals surface area contributed by atoms with Crippen molar-refractivity contribution in [3.05, 3.63) is 33.9 Å². The Morgan fingerprint density at radius 3 is 2.55 bits per heavy atom. The second kappa shape index (κ2) is 11.7. The smallest absolute Gasteiger partial charge is 0.317 e. The van der Waals surface area contributed by atoms with Gasteiger partial charge in [0.15, 0.2) is 0 Å². The van der Waals surface area contributed by atoms with Gasteiger partial charge in [-0.3, -0.25) is 24.6 Å². The van der Waals surface area contributed by atoms with Crippen molar-refractivity contribution in [1.29, 1.82) is 0 Å². The molecule has 0 atom stereocenters. The van der Waals surface area contributed by atoms with Crippen molar-refractivity contribution in [2.75, 3.05) is 38.0 Å².